The minimum absolute atomic E-state index is 0.601. The van der Waals surface area contributed by atoms with Gasteiger partial charge in [-0.25, -0.2) is 9.97 Å². The average Bonchev–Trinajstić information content (AvgIpc) is 3.40. The smallest absolute Gasteiger partial charge is 0.236 e. The molecule has 4 heterocycles. The molecule has 0 saturated carbocycles. The highest BCUT2D eigenvalue weighted by Gasteiger charge is 2.30. The number of pyridine rings is 1. The molecule has 3 aromatic heterocycles. The van der Waals surface area contributed by atoms with Crippen LogP contribution in [-0.4, -0.2) is 15.0 Å². The van der Waals surface area contributed by atoms with Gasteiger partial charge in [-0.2, -0.15) is 0 Å². The van der Waals surface area contributed by atoms with Gasteiger partial charge in [0.25, 0.3) is 0 Å². The first-order valence-corrected chi connectivity index (χ1v) is 13.3. The van der Waals surface area contributed by atoms with Crippen LogP contribution in [0.25, 0.3) is 66.0 Å². The van der Waals surface area contributed by atoms with Gasteiger partial charge in [0.2, 0.25) is 5.95 Å². The van der Waals surface area contributed by atoms with Gasteiger partial charge in [-0.05, 0) is 58.1 Å². The maximum Gasteiger partial charge on any atom is 0.236 e. The average molecular weight is 513 g/mol. The number of hydrogen-bond acceptors (Lipinski definition) is 5. The second kappa shape index (κ2) is 7.98. The summed E-state index contributed by atoms with van der Waals surface area (Å²) in [6.07, 6.45) is 3.57. The Morgan fingerprint density at radius 1 is 0.600 bits per heavy atom. The summed E-state index contributed by atoms with van der Waals surface area (Å²) in [5, 5.41) is 5.75. The van der Waals surface area contributed by atoms with Gasteiger partial charge in [0.1, 0.15) is 16.8 Å². The van der Waals surface area contributed by atoms with Crippen molar-refractivity contribution >= 4 is 60.9 Å². The maximum atomic E-state index is 6.36. The first-order valence-electron chi connectivity index (χ1n) is 13.3. The Bertz CT molecular complexity index is 2280. The van der Waals surface area contributed by atoms with Crippen molar-refractivity contribution in [2.24, 2.45) is 0 Å². The molecule has 0 unspecified atom stereocenters. The van der Waals surface area contributed by atoms with E-state index in [-0.39, 0.29) is 0 Å². The van der Waals surface area contributed by atoms with Gasteiger partial charge >= 0.3 is 0 Å². The fourth-order valence-electron chi connectivity index (χ4n) is 6.18. The summed E-state index contributed by atoms with van der Waals surface area (Å²) < 4.78 is 6.36. The number of rotatable bonds is 2. The third kappa shape index (κ3) is 2.89. The number of nitrogens with zero attached hydrogens (tertiary/aromatic N) is 4. The molecule has 0 aliphatic carbocycles. The van der Waals surface area contributed by atoms with Crippen molar-refractivity contribution in [2.45, 2.75) is 0 Å². The van der Waals surface area contributed by atoms with Crippen LogP contribution in [0.4, 0.5) is 17.3 Å². The van der Waals surface area contributed by atoms with Crippen LogP contribution < -0.4 is 4.90 Å². The maximum absolute atomic E-state index is 6.36. The predicted molar refractivity (Wildman–Crippen MR) is 161 cm³/mol. The number of anilines is 3. The van der Waals surface area contributed by atoms with Crippen molar-refractivity contribution < 1.29 is 4.42 Å². The standard InChI is InChI=1S/C35H20N4O/c1-2-10-24-21(7-1)15-16-28-31(24)26-12-5-8-22-9-6-13-27(30(22)26)39(28)35-37-32(23-17-19-36-20-18-23)34-33(38-35)25-11-3-4-14-29(25)40-34/h1-20H. The molecule has 5 heteroatoms. The molecule has 0 spiro atoms. The lowest BCUT2D eigenvalue weighted by Crippen LogP contribution is -2.18. The monoisotopic (exact) mass is 512 g/mol. The van der Waals surface area contributed by atoms with Crippen molar-refractivity contribution in [1.29, 1.82) is 0 Å². The minimum atomic E-state index is 0.601. The highest BCUT2D eigenvalue weighted by Crippen LogP contribution is 2.52. The summed E-state index contributed by atoms with van der Waals surface area (Å²) in [4.78, 5) is 16.9. The number of aromatic nitrogens is 3. The van der Waals surface area contributed by atoms with Gasteiger partial charge in [0.05, 0.1) is 11.4 Å². The van der Waals surface area contributed by atoms with E-state index in [1.165, 1.54) is 32.7 Å². The molecule has 5 aromatic carbocycles. The number of fused-ring (bicyclic) bond motifs is 7. The number of benzene rings is 5. The van der Waals surface area contributed by atoms with Gasteiger partial charge in [-0.3, -0.25) is 9.88 Å². The van der Waals surface area contributed by atoms with E-state index in [0.717, 1.165) is 39.1 Å². The number of hydrogen-bond donors (Lipinski definition) is 0. The van der Waals surface area contributed by atoms with E-state index < -0.39 is 0 Å². The van der Waals surface area contributed by atoms with E-state index in [2.05, 4.69) is 88.7 Å². The van der Waals surface area contributed by atoms with Crippen LogP contribution in [0.15, 0.2) is 126 Å². The molecule has 0 amide bonds. The molecule has 5 nitrogen and oxygen atoms in total. The normalized spacial score (nSPS) is 12.4. The van der Waals surface area contributed by atoms with Crippen LogP contribution in [0.3, 0.4) is 0 Å². The fraction of sp³-hybridized carbons (Fsp3) is 0. The van der Waals surface area contributed by atoms with E-state index in [1.54, 1.807) is 12.4 Å². The summed E-state index contributed by atoms with van der Waals surface area (Å²) in [6, 6.07) is 37.9. The number of para-hydroxylation sites is 1. The highest BCUT2D eigenvalue weighted by atomic mass is 16.3. The molecule has 0 radical (unpaired) electrons. The molecule has 0 saturated heterocycles. The zero-order valence-electron chi connectivity index (χ0n) is 21.2. The van der Waals surface area contributed by atoms with E-state index in [9.17, 15) is 0 Å². The molecule has 0 atom stereocenters. The second-order valence-corrected chi connectivity index (χ2v) is 10.1. The third-order valence-electron chi connectivity index (χ3n) is 7.90. The minimum Gasteiger partial charge on any atom is -0.452 e. The Hall–Kier alpha value is -5.55. The Morgan fingerprint density at radius 3 is 2.27 bits per heavy atom. The van der Waals surface area contributed by atoms with Crippen LogP contribution in [0.5, 0.6) is 0 Å². The lowest BCUT2D eigenvalue weighted by Gasteiger charge is -2.32. The quantitative estimate of drug-likeness (QED) is 0.231. The van der Waals surface area contributed by atoms with E-state index in [1.807, 2.05) is 30.3 Å². The van der Waals surface area contributed by atoms with E-state index in [0.29, 0.717) is 11.5 Å². The summed E-state index contributed by atoms with van der Waals surface area (Å²) in [5.74, 6) is 0.601. The first kappa shape index (κ1) is 21.4. The Balaban J connectivity index is 1.44. The Morgan fingerprint density at radius 2 is 1.38 bits per heavy atom. The van der Waals surface area contributed by atoms with Gasteiger partial charge in [0.15, 0.2) is 5.58 Å². The Kier molecular flexibility index (Phi) is 4.27. The molecule has 0 fully saturated rings. The van der Waals surface area contributed by atoms with E-state index >= 15 is 0 Å². The van der Waals surface area contributed by atoms with Crippen molar-refractivity contribution in [1.82, 2.24) is 15.0 Å². The summed E-state index contributed by atoms with van der Waals surface area (Å²) in [6.45, 7) is 0. The lowest BCUT2D eigenvalue weighted by atomic mass is 9.88. The van der Waals surface area contributed by atoms with Crippen molar-refractivity contribution in [2.75, 3.05) is 4.90 Å². The molecule has 1 aliphatic heterocycles. The van der Waals surface area contributed by atoms with Crippen molar-refractivity contribution in [3.05, 3.63) is 122 Å². The van der Waals surface area contributed by atoms with Gasteiger partial charge in [-0.1, -0.05) is 72.8 Å². The molecule has 1 aliphatic rings. The molecule has 0 bridgehead atoms. The van der Waals surface area contributed by atoms with Gasteiger partial charge < -0.3 is 4.42 Å². The SMILES string of the molecule is c1ccc2c3c(ccc2c1)N(c1nc(-c2ccncc2)c2oc4ccccc4c2n1)c1cccc2cccc-3c12. The molecule has 186 valence electrons. The van der Waals surface area contributed by atoms with Crippen LogP contribution in [-0.2, 0) is 0 Å². The predicted octanol–water partition coefficient (Wildman–Crippen LogP) is 9.19. The van der Waals surface area contributed by atoms with Crippen LogP contribution in [0.1, 0.15) is 0 Å². The van der Waals surface area contributed by atoms with Gasteiger partial charge in [-0.15, -0.1) is 0 Å². The molecule has 9 rings (SSSR count). The van der Waals surface area contributed by atoms with E-state index in [4.69, 9.17) is 14.4 Å². The van der Waals surface area contributed by atoms with Crippen LogP contribution in [0, 0.1) is 0 Å². The molecule has 0 N–H and O–H groups in total. The molecular formula is C35H20N4O. The number of furan rings is 1. The second-order valence-electron chi connectivity index (χ2n) is 10.1. The lowest BCUT2D eigenvalue weighted by molar-refractivity contribution is 0.667. The largest absolute Gasteiger partial charge is 0.452 e. The summed E-state index contributed by atoms with van der Waals surface area (Å²) in [5.41, 5.74) is 8.45. The summed E-state index contributed by atoms with van der Waals surface area (Å²) in [7, 11) is 0. The fourth-order valence-corrected chi connectivity index (χ4v) is 6.18. The first-order chi connectivity index (χ1) is 19.8. The van der Waals surface area contributed by atoms with Crippen LogP contribution in [0.2, 0.25) is 0 Å². The summed E-state index contributed by atoms with van der Waals surface area (Å²) >= 11 is 0. The van der Waals surface area contributed by atoms with Crippen molar-refractivity contribution in [3.8, 4) is 22.4 Å². The van der Waals surface area contributed by atoms with Crippen LogP contribution >= 0.6 is 0 Å². The van der Waals surface area contributed by atoms with Crippen molar-refractivity contribution in [3.63, 3.8) is 0 Å². The zero-order chi connectivity index (χ0) is 26.2. The van der Waals surface area contributed by atoms with Gasteiger partial charge in [0, 0.05) is 34.3 Å². The molecular weight excluding hydrogens is 492 g/mol. The highest BCUT2D eigenvalue weighted by molar-refractivity contribution is 6.19. The Labute approximate surface area is 229 Å². The third-order valence-corrected chi connectivity index (χ3v) is 7.90. The molecule has 8 aromatic rings. The topological polar surface area (TPSA) is 55.1 Å². The zero-order valence-corrected chi connectivity index (χ0v) is 21.2. The molecule has 40 heavy (non-hydrogen) atoms.